The Morgan fingerprint density at radius 2 is 1.68 bits per heavy atom. The quantitative estimate of drug-likeness (QED) is 0.689. The number of anilines is 2. The molecule has 2 aliphatic rings. The van der Waals surface area contributed by atoms with Crippen molar-refractivity contribution in [3.8, 4) is 0 Å². The van der Waals surface area contributed by atoms with Gasteiger partial charge in [-0.05, 0) is 42.7 Å². The van der Waals surface area contributed by atoms with Crippen molar-refractivity contribution >= 4 is 28.3 Å². The van der Waals surface area contributed by atoms with Crippen LogP contribution < -0.4 is 15.1 Å². The van der Waals surface area contributed by atoms with Gasteiger partial charge in [-0.3, -0.25) is 4.79 Å². The Kier molecular flexibility index (Phi) is 5.71. The molecule has 1 amide bonds. The van der Waals surface area contributed by atoms with Crippen molar-refractivity contribution < 1.29 is 9.53 Å². The minimum absolute atomic E-state index is 0.0718. The second kappa shape index (κ2) is 8.94. The lowest BCUT2D eigenvalue weighted by molar-refractivity contribution is 0.0951. The maximum atomic E-state index is 13.2. The van der Waals surface area contributed by atoms with Crippen LogP contribution in [0.15, 0.2) is 54.6 Å². The number of fused-ring (bicyclic) bond motifs is 1. The fourth-order valence-corrected chi connectivity index (χ4v) is 4.37. The van der Waals surface area contributed by atoms with E-state index in [1.54, 1.807) is 0 Å². The number of benzene rings is 2. The van der Waals surface area contributed by atoms with Gasteiger partial charge in [-0.15, -0.1) is 0 Å². The molecule has 31 heavy (non-hydrogen) atoms. The van der Waals surface area contributed by atoms with Crippen LogP contribution in [0.1, 0.15) is 28.8 Å². The fraction of sp³-hybridized carbons (Fsp3) is 0.360. The van der Waals surface area contributed by atoms with Gasteiger partial charge in [0.2, 0.25) is 0 Å². The maximum absolute atomic E-state index is 13.2. The van der Waals surface area contributed by atoms with E-state index in [0.29, 0.717) is 12.1 Å². The lowest BCUT2D eigenvalue weighted by atomic mass is 10.1. The second-order valence-corrected chi connectivity index (χ2v) is 8.19. The van der Waals surface area contributed by atoms with Crippen molar-refractivity contribution in [1.82, 2.24) is 10.3 Å². The molecule has 3 aromatic rings. The third-order valence-corrected chi connectivity index (χ3v) is 6.12. The molecule has 0 unspecified atom stereocenters. The summed E-state index contributed by atoms with van der Waals surface area (Å²) in [4.78, 5) is 22.6. The molecule has 2 fully saturated rings. The fourth-order valence-electron chi connectivity index (χ4n) is 4.37. The summed E-state index contributed by atoms with van der Waals surface area (Å²) in [6.07, 6.45) is 2.29. The van der Waals surface area contributed by atoms with Crippen LogP contribution in [0.2, 0.25) is 0 Å². The highest BCUT2D eigenvalue weighted by Crippen LogP contribution is 2.26. The Labute approximate surface area is 182 Å². The molecule has 2 aromatic carbocycles. The summed E-state index contributed by atoms with van der Waals surface area (Å²) in [6, 6.07) is 18.4. The molecule has 0 spiro atoms. The van der Waals surface area contributed by atoms with Crippen molar-refractivity contribution in [3.63, 3.8) is 0 Å². The summed E-state index contributed by atoms with van der Waals surface area (Å²) in [7, 11) is 0. The van der Waals surface area contributed by atoms with Crippen LogP contribution in [0.4, 0.5) is 11.5 Å². The van der Waals surface area contributed by atoms with E-state index in [1.807, 2.05) is 30.3 Å². The normalized spacial score (nSPS) is 16.6. The molecule has 2 aliphatic heterocycles. The number of pyridine rings is 1. The lowest BCUT2D eigenvalue weighted by Crippen LogP contribution is -2.36. The number of ether oxygens (including phenoxy) is 1. The Hall–Kier alpha value is -3.12. The molecule has 3 heterocycles. The number of para-hydroxylation sites is 1. The van der Waals surface area contributed by atoms with Gasteiger partial charge in [0.15, 0.2) is 0 Å². The summed E-state index contributed by atoms with van der Waals surface area (Å²) >= 11 is 0. The highest BCUT2D eigenvalue weighted by Gasteiger charge is 2.22. The SMILES string of the molecule is O=C(NCc1ccc(N2CCOCC2)cc1)c1cc2ccccc2nc1N1CCCC1. The number of hydrogen-bond acceptors (Lipinski definition) is 5. The van der Waals surface area contributed by atoms with Crippen molar-refractivity contribution in [2.75, 3.05) is 49.2 Å². The zero-order chi connectivity index (χ0) is 21.0. The van der Waals surface area contributed by atoms with Crippen molar-refractivity contribution in [2.24, 2.45) is 0 Å². The van der Waals surface area contributed by atoms with Crippen molar-refractivity contribution in [2.45, 2.75) is 19.4 Å². The predicted molar refractivity (Wildman–Crippen MR) is 124 cm³/mol. The molecule has 5 rings (SSSR count). The number of amides is 1. The summed E-state index contributed by atoms with van der Waals surface area (Å²) in [6.45, 7) is 5.79. The van der Waals surface area contributed by atoms with Crippen LogP contribution in [-0.2, 0) is 11.3 Å². The van der Waals surface area contributed by atoms with E-state index in [-0.39, 0.29) is 5.91 Å². The topological polar surface area (TPSA) is 57.7 Å². The van der Waals surface area contributed by atoms with E-state index in [9.17, 15) is 4.79 Å². The number of carbonyl (C=O) groups excluding carboxylic acids is 1. The van der Waals surface area contributed by atoms with Crippen molar-refractivity contribution in [1.29, 1.82) is 0 Å². The maximum Gasteiger partial charge on any atom is 0.255 e. The molecule has 160 valence electrons. The molecule has 2 saturated heterocycles. The highest BCUT2D eigenvalue weighted by molar-refractivity contribution is 6.02. The van der Waals surface area contributed by atoms with Gasteiger partial charge in [0.05, 0.1) is 24.3 Å². The van der Waals surface area contributed by atoms with Crippen LogP contribution in [0, 0.1) is 0 Å². The van der Waals surface area contributed by atoms with E-state index >= 15 is 0 Å². The van der Waals surface area contributed by atoms with Gasteiger partial charge in [0.1, 0.15) is 5.82 Å². The standard InChI is InChI=1S/C25H28N4O2/c30-25(26-18-19-7-9-21(10-8-19)28-13-15-31-16-14-28)22-17-20-5-1-2-6-23(20)27-24(22)29-11-3-4-12-29/h1-2,5-10,17H,3-4,11-16,18H2,(H,26,30). The smallest absolute Gasteiger partial charge is 0.255 e. The largest absolute Gasteiger partial charge is 0.378 e. The summed E-state index contributed by atoms with van der Waals surface area (Å²) in [5, 5.41) is 4.09. The van der Waals surface area contributed by atoms with Gasteiger partial charge in [0, 0.05) is 43.8 Å². The first-order valence-corrected chi connectivity index (χ1v) is 11.1. The Balaban J connectivity index is 1.32. The number of nitrogens with one attached hydrogen (secondary N) is 1. The van der Waals surface area contributed by atoms with Crippen molar-refractivity contribution in [3.05, 3.63) is 65.7 Å². The third kappa shape index (κ3) is 4.35. The first kappa shape index (κ1) is 19.8. The first-order valence-electron chi connectivity index (χ1n) is 11.1. The highest BCUT2D eigenvalue weighted by atomic mass is 16.5. The van der Waals surface area contributed by atoms with Crippen LogP contribution in [0.5, 0.6) is 0 Å². The Morgan fingerprint density at radius 1 is 0.935 bits per heavy atom. The lowest BCUT2D eigenvalue weighted by Gasteiger charge is -2.28. The monoisotopic (exact) mass is 416 g/mol. The van der Waals surface area contributed by atoms with E-state index in [2.05, 4.69) is 39.4 Å². The van der Waals surface area contributed by atoms with E-state index in [1.165, 1.54) is 5.69 Å². The van der Waals surface area contributed by atoms with Gasteiger partial charge < -0.3 is 19.9 Å². The van der Waals surface area contributed by atoms with E-state index in [4.69, 9.17) is 9.72 Å². The molecule has 0 atom stereocenters. The molecule has 1 aromatic heterocycles. The van der Waals surface area contributed by atoms with Crippen LogP contribution in [0.25, 0.3) is 10.9 Å². The van der Waals surface area contributed by atoms with Gasteiger partial charge >= 0.3 is 0 Å². The first-order chi connectivity index (χ1) is 15.3. The van der Waals surface area contributed by atoms with Gasteiger partial charge in [-0.1, -0.05) is 30.3 Å². The number of rotatable bonds is 5. The van der Waals surface area contributed by atoms with Crippen LogP contribution in [0.3, 0.4) is 0 Å². The average molecular weight is 417 g/mol. The zero-order valence-corrected chi connectivity index (χ0v) is 17.7. The molecule has 0 bridgehead atoms. The van der Waals surface area contributed by atoms with Gasteiger partial charge in [0.25, 0.3) is 5.91 Å². The van der Waals surface area contributed by atoms with E-state index in [0.717, 1.165) is 74.5 Å². The number of aromatic nitrogens is 1. The predicted octanol–water partition coefficient (Wildman–Crippen LogP) is 3.60. The number of hydrogen-bond donors (Lipinski definition) is 1. The third-order valence-electron chi connectivity index (χ3n) is 6.12. The molecule has 0 saturated carbocycles. The molecule has 0 radical (unpaired) electrons. The minimum atomic E-state index is -0.0718. The molecule has 6 heteroatoms. The molecular formula is C25H28N4O2. The molecule has 0 aliphatic carbocycles. The second-order valence-electron chi connectivity index (χ2n) is 8.19. The zero-order valence-electron chi connectivity index (χ0n) is 17.7. The van der Waals surface area contributed by atoms with Crippen LogP contribution >= 0.6 is 0 Å². The average Bonchev–Trinajstić information content (AvgIpc) is 3.37. The van der Waals surface area contributed by atoms with Gasteiger partial charge in [-0.2, -0.15) is 0 Å². The number of morpholine rings is 1. The summed E-state index contributed by atoms with van der Waals surface area (Å²) in [5.74, 6) is 0.730. The molecule has 1 N–H and O–H groups in total. The molecule has 6 nitrogen and oxygen atoms in total. The summed E-state index contributed by atoms with van der Waals surface area (Å²) in [5.41, 5.74) is 3.88. The number of nitrogens with zero attached hydrogens (tertiary/aromatic N) is 3. The minimum Gasteiger partial charge on any atom is -0.378 e. The summed E-state index contributed by atoms with van der Waals surface area (Å²) < 4.78 is 5.43. The van der Waals surface area contributed by atoms with Crippen LogP contribution in [-0.4, -0.2) is 50.3 Å². The number of carbonyl (C=O) groups is 1. The van der Waals surface area contributed by atoms with E-state index < -0.39 is 0 Å². The Morgan fingerprint density at radius 3 is 2.45 bits per heavy atom. The van der Waals surface area contributed by atoms with Gasteiger partial charge in [-0.25, -0.2) is 4.98 Å². The molecular weight excluding hydrogens is 388 g/mol. The Bertz CT molecular complexity index is 1050.